The van der Waals surface area contributed by atoms with Gasteiger partial charge in [-0.3, -0.25) is 21.5 Å². The third kappa shape index (κ3) is 13.8. The van der Waals surface area contributed by atoms with E-state index in [1.54, 1.807) is 23.5 Å². The van der Waals surface area contributed by atoms with Crippen LogP contribution in [-0.4, -0.2) is 73.0 Å². The minimum Gasteiger partial charge on any atom is -0.355 e. The second-order valence-corrected chi connectivity index (χ2v) is 9.85. The zero-order chi connectivity index (χ0) is 25.3. The first kappa shape index (κ1) is 29.4. The Kier molecular flexibility index (Phi) is 14.7. The molecule has 0 aliphatic rings. The van der Waals surface area contributed by atoms with Crippen LogP contribution < -0.4 is 31.9 Å². The van der Waals surface area contributed by atoms with Gasteiger partial charge in [-0.15, -0.1) is 0 Å². The fraction of sp³-hybridized carbons (Fsp3) is 0.545. The maximum absolute atomic E-state index is 8.08. The Morgan fingerprint density at radius 1 is 0.735 bits per heavy atom. The Balaban J connectivity index is 2.93. The van der Waals surface area contributed by atoms with Crippen LogP contribution in [0.15, 0.2) is 34.3 Å². The summed E-state index contributed by atoms with van der Waals surface area (Å²) in [5, 5.41) is 34.6. The molecule has 1 rings (SSSR count). The molecule has 0 bridgehead atoms. The van der Waals surface area contributed by atoms with Gasteiger partial charge in [0, 0.05) is 36.7 Å². The smallest absolute Gasteiger partial charge is 0.203 e. The van der Waals surface area contributed by atoms with Gasteiger partial charge in [0.2, 0.25) is 11.9 Å². The van der Waals surface area contributed by atoms with Crippen LogP contribution in [0.2, 0.25) is 0 Å². The minimum absolute atomic E-state index is 0.157. The quantitative estimate of drug-likeness (QED) is 0.137. The van der Waals surface area contributed by atoms with Crippen molar-refractivity contribution in [1.29, 1.82) is 10.8 Å². The molecule has 0 amide bonds. The summed E-state index contributed by atoms with van der Waals surface area (Å²) in [5.74, 6) is 3.25. The molecule has 12 heteroatoms. The summed E-state index contributed by atoms with van der Waals surface area (Å²) in [7, 11) is 0. The maximum Gasteiger partial charge on any atom is 0.203 e. The minimum atomic E-state index is 0.157. The highest BCUT2D eigenvalue weighted by Gasteiger charge is 2.07. The van der Waals surface area contributed by atoms with Gasteiger partial charge in [0.15, 0.2) is 11.9 Å². The van der Waals surface area contributed by atoms with Crippen molar-refractivity contribution in [2.45, 2.75) is 39.8 Å². The van der Waals surface area contributed by atoms with Crippen molar-refractivity contribution < 1.29 is 0 Å². The largest absolute Gasteiger partial charge is 0.355 e. The van der Waals surface area contributed by atoms with Gasteiger partial charge >= 0.3 is 0 Å². The number of rotatable bonds is 10. The molecule has 1 aromatic carbocycles. The Labute approximate surface area is 212 Å². The first-order valence-corrected chi connectivity index (χ1v) is 14.0. The first-order chi connectivity index (χ1) is 16.2. The van der Waals surface area contributed by atoms with E-state index in [0.717, 1.165) is 22.9 Å². The van der Waals surface area contributed by atoms with E-state index in [9.17, 15) is 0 Å². The van der Waals surface area contributed by atoms with E-state index in [1.165, 1.54) is 0 Å². The first-order valence-electron chi connectivity index (χ1n) is 11.2. The van der Waals surface area contributed by atoms with Crippen molar-refractivity contribution in [2.24, 2.45) is 9.98 Å². The van der Waals surface area contributed by atoms with Crippen LogP contribution in [0.1, 0.15) is 27.7 Å². The summed E-state index contributed by atoms with van der Waals surface area (Å²) in [6.07, 6.45) is 4.07. The van der Waals surface area contributed by atoms with Gasteiger partial charge < -0.3 is 21.3 Å². The van der Waals surface area contributed by atoms with Crippen LogP contribution in [0, 0.1) is 10.8 Å². The average Bonchev–Trinajstić information content (AvgIpc) is 2.74. The maximum atomic E-state index is 8.08. The van der Waals surface area contributed by atoms with Crippen LogP contribution >= 0.6 is 23.5 Å². The summed E-state index contributed by atoms with van der Waals surface area (Å²) >= 11 is 3.45. The number of benzene rings is 1. The standard InChI is InChI=1S/C22H40N10S2/c1-15(2)27-21(31-19(23)25-11-13-33-5)29-17-7-9-18(10-8-17)30-22(28-16(3)4)32-20(24)26-12-14-34-6/h7-10,15-16H,11-14H2,1-6H3,(H4,23,25,27,29,31)(H4,24,26,28,30,32). The van der Waals surface area contributed by atoms with Crippen molar-refractivity contribution in [3.8, 4) is 0 Å². The molecule has 0 aromatic heterocycles. The summed E-state index contributed by atoms with van der Waals surface area (Å²) in [5.41, 5.74) is 1.45. The Morgan fingerprint density at radius 3 is 1.38 bits per heavy atom. The lowest BCUT2D eigenvalue weighted by atomic mass is 10.3. The molecule has 34 heavy (non-hydrogen) atoms. The zero-order valence-electron chi connectivity index (χ0n) is 21.0. The van der Waals surface area contributed by atoms with E-state index in [-0.39, 0.29) is 24.0 Å². The van der Waals surface area contributed by atoms with Crippen LogP contribution in [-0.2, 0) is 0 Å². The number of hydrogen-bond donors (Lipinski definition) is 8. The molecule has 0 atom stereocenters. The number of thioether (sulfide) groups is 2. The van der Waals surface area contributed by atoms with Crippen molar-refractivity contribution in [3.05, 3.63) is 24.3 Å². The number of aliphatic imine (C=N–C) groups is 2. The third-order valence-electron chi connectivity index (χ3n) is 3.89. The second-order valence-electron chi connectivity index (χ2n) is 7.87. The summed E-state index contributed by atoms with van der Waals surface area (Å²) < 4.78 is 0. The predicted molar refractivity (Wildman–Crippen MR) is 152 cm³/mol. The highest BCUT2D eigenvalue weighted by Crippen LogP contribution is 2.18. The Bertz CT molecular complexity index is 739. The normalized spacial score (nSPS) is 11.9. The SMILES string of the molecule is CSCCNC(=N)NC(=Nc1ccc(N=C(NC(=N)NCCSC)NC(C)C)cc1)NC(C)C. The molecule has 10 nitrogen and oxygen atoms in total. The van der Waals surface area contributed by atoms with Crippen LogP contribution in [0.4, 0.5) is 11.4 Å². The molecule has 0 spiro atoms. The Morgan fingerprint density at radius 2 is 1.09 bits per heavy atom. The van der Waals surface area contributed by atoms with E-state index in [1.807, 2.05) is 64.5 Å². The fourth-order valence-electron chi connectivity index (χ4n) is 2.48. The predicted octanol–water partition coefficient (Wildman–Crippen LogP) is 2.61. The molecule has 0 radical (unpaired) electrons. The van der Waals surface area contributed by atoms with Gasteiger partial charge in [-0.1, -0.05) is 0 Å². The lowest BCUT2D eigenvalue weighted by molar-refractivity contribution is 0.718. The molecule has 0 saturated heterocycles. The Hall–Kier alpha value is -2.60. The molecule has 1 aromatic rings. The molecule has 0 unspecified atom stereocenters. The summed E-state index contributed by atoms with van der Waals surface area (Å²) in [4.78, 5) is 9.22. The lowest BCUT2D eigenvalue weighted by Crippen LogP contribution is -2.48. The second kappa shape index (κ2) is 16.9. The van der Waals surface area contributed by atoms with Crippen molar-refractivity contribution >= 4 is 58.7 Å². The monoisotopic (exact) mass is 508 g/mol. The number of hydrogen-bond acceptors (Lipinski definition) is 6. The van der Waals surface area contributed by atoms with Crippen molar-refractivity contribution in [2.75, 3.05) is 37.1 Å². The lowest BCUT2D eigenvalue weighted by Gasteiger charge is -2.17. The molecule has 8 N–H and O–H groups in total. The number of nitrogens with one attached hydrogen (secondary N) is 8. The highest BCUT2D eigenvalue weighted by atomic mass is 32.2. The molecule has 0 saturated carbocycles. The molecule has 0 heterocycles. The number of nitrogens with zero attached hydrogens (tertiary/aromatic N) is 2. The zero-order valence-corrected chi connectivity index (χ0v) is 22.6. The van der Waals surface area contributed by atoms with Crippen LogP contribution in [0.3, 0.4) is 0 Å². The van der Waals surface area contributed by atoms with Gasteiger partial charge in [-0.25, -0.2) is 9.98 Å². The summed E-state index contributed by atoms with van der Waals surface area (Å²) in [6.45, 7) is 9.49. The van der Waals surface area contributed by atoms with E-state index >= 15 is 0 Å². The van der Waals surface area contributed by atoms with Crippen LogP contribution in [0.25, 0.3) is 0 Å². The van der Waals surface area contributed by atoms with Gasteiger partial charge in [-0.05, 0) is 64.5 Å². The molecular weight excluding hydrogens is 468 g/mol. The van der Waals surface area contributed by atoms with E-state index in [2.05, 4.69) is 41.9 Å². The number of guanidine groups is 4. The van der Waals surface area contributed by atoms with Gasteiger partial charge in [0.1, 0.15) is 0 Å². The fourth-order valence-corrected chi connectivity index (χ4v) is 3.09. The summed E-state index contributed by atoms with van der Waals surface area (Å²) in [6, 6.07) is 7.77. The average molecular weight is 509 g/mol. The molecule has 0 fully saturated rings. The van der Waals surface area contributed by atoms with Crippen molar-refractivity contribution in [1.82, 2.24) is 31.9 Å². The van der Waals surface area contributed by atoms with Crippen molar-refractivity contribution in [3.63, 3.8) is 0 Å². The molecular formula is C22H40N10S2. The van der Waals surface area contributed by atoms with Crippen LogP contribution in [0.5, 0.6) is 0 Å². The highest BCUT2D eigenvalue weighted by molar-refractivity contribution is 7.98. The van der Waals surface area contributed by atoms with E-state index in [0.29, 0.717) is 25.0 Å². The molecule has 190 valence electrons. The van der Waals surface area contributed by atoms with Gasteiger partial charge in [0.25, 0.3) is 0 Å². The molecule has 0 aliphatic heterocycles. The molecule has 0 aliphatic carbocycles. The van der Waals surface area contributed by atoms with Gasteiger partial charge in [0.05, 0.1) is 11.4 Å². The van der Waals surface area contributed by atoms with E-state index < -0.39 is 0 Å². The van der Waals surface area contributed by atoms with Gasteiger partial charge in [-0.2, -0.15) is 23.5 Å². The third-order valence-corrected chi connectivity index (χ3v) is 5.11. The topological polar surface area (TPSA) is 145 Å². The van der Waals surface area contributed by atoms with E-state index in [4.69, 9.17) is 10.8 Å².